The first-order valence-electron chi connectivity index (χ1n) is 9.40. The van der Waals surface area contributed by atoms with Crippen molar-refractivity contribution in [2.45, 2.75) is 19.3 Å². The third kappa shape index (κ3) is 5.18. The first kappa shape index (κ1) is 20.5. The van der Waals surface area contributed by atoms with Crippen LogP contribution in [0.2, 0.25) is 5.02 Å². The summed E-state index contributed by atoms with van der Waals surface area (Å²) in [5.74, 6) is -0.869. The number of hydrogen-bond donors (Lipinski definition) is 3. The minimum atomic E-state index is -0.550. The summed E-state index contributed by atoms with van der Waals surface area (Å²) < 4.78 is 0. The summed E-state index contributed by atoms with van der Waals surface area (Å²) >= 11 is 5.98. The van der Waals surface area contributed by atoms with Crippen LogP contribution < -0.4 is 21.3 Å². The molecule has 2 aromatic rings. The smallest absolute Gasteiger partial charge is 0.250 e. The van der Waals surface area contributed by atoms with Crippen LogP contribution in [0.5, 0.6) is 0 Å². The van der Waals surface area contributed by atoms with E-state index in [2.05, 4.69) is 15.5 Å². The molecule has 0 spiro atoms. The number of nitrogens with two attached hydrogens (primary N) is 1. The summed E-state index contributed by atoms with van der Waals surface area (Å²) in [5.41, 5.74) is 8.18. The first-order chi connectivity index (χ1) is 14.0. The minimum Gasteiger partial charge on any atom is -0.375 e. The van der Waals surface area contributed by atoms with E-state index in [1.54, 1.807) is 18.2 Å². The average Bonchev–Trinajstić information content (AvgIpc) is 2.73. The molecule has 0 aromatic heterocycles. The molecule has 150 valence electrons. The van der Waals surface area contributed by atoms with Gasteiger partial charge in [0.05, 0.1) is 22.7 Å². The third-order valence-electron chi connectivity index (χ3n) is 4.80. The van der Waals surface area contributed by atoms with E-state index in [4.69, 9.17) is 22.6 Å². The van der Waals surface area contributed by atoms with Gasteiger partial charge in [0, 0.05) is 30.2 Å². The van der Waals surface area contributed by atoms with E-state index in [0.29, 0.717) is 22.5 Å². The van der Waals surface area contributed by atoms with Crippen LogP contribution in [0.15, 0.2) is 36.4 Å². The Morgan fingerprint density at radius 2 is 1.90 bits per heavy atom. The van der Waals surface area contributed by atoms with Gasteiger partial charge < -0.3 is 21.3 Å². The van der Waals surface area contributed by atoms with Gasteiger partial charge in [-0.2, -0.15) is 5.26 Å². The van der Waals surface area contributed by atoms with E-state index in [1.165, 1.54) is 18.6 Å². The van der Waals surface area contributed by atoms with Crippen LogP contribution in [0.1, 0.15) is 35.2 Å². The van der Waals surface area contributed by atoms with E-state index < -0.39 is 5.91 Å². The molecule has 0 atom stereocenters. The molecule has 1 heterocycles. The van der Waals surface area contributed by atoms with Gasteiger partial charge in [0.25, 0.3) is 5.91 Å². The highest BCUT2D eigenvalue weighted by molar-refractivity contribution is 6.32. The molecule has 0 saturated carbocycles. The highest BCUT2D eigenvalue weighted by Gasteiger charge is 2.16. The van der Waals surface area contributed by atoms with Crippen molar-refractivity contribution in [3.8, 4) is 6.07 Å². The van der Waals surface area contributed by atoms with Crippen LogP contribution in [-0.4, -0.2) is 31.4 Å². The fraction of sp³-hybridized carbons (Fsp3) is 0.286. The molecular formula is C21H22ClN5O2. The molecule has 0 radical (unpaired) electrons. The summed E-state index contributed by atoms with van der Waals surface area (Å²) in [6.07, 6.45) is 3.48. The van der Waals surface area contributed by atoms with Crippen molar-refractivity contribution < 1.29 is 9.59 Å². The average molecular weight is 412 g/mol. The molecule has 29 heavy (non-hydrogen) atoms. The third-order valence-corrected chi connectivity index (χ3v) is 5.12. The van der Waals surface area contributed by atoms with E-state index in [0.717, 1.165) is 31.6 Å². The first-order valence-corrected chi connectivity index (χ1v) is 9.78. The fourth-order valence-electron chi connectivity index (χ4n) is 3.30. The van der Waals surface area contributed by atoms with Gasteiger partial charge in [0.1, 0.15) is 6.07 Å². The van der Waals surface area contributed by atoms with Crippen molar-refractivity contribution in [3.05, 3.63) is 52.5 Å². The second-order valence-corrected chi connectivity index (χ2v) is 7.26. The number of halogens is 1. The van der Waals surface area contributed by atoms with Crippen LogP contribution in [-0.2, 0) is 4.79 Å². The second kappa shape index (κ2) is 9.30. The topological polar surface area (TPSA) is 111 Å². The Hall–Kier alpha value is -3.24. The molecule has 8 heteroatoms. The number of rotatable bonds is 6. The normalized spacial score (nSPS) is 13.4. The lowest BCUT2D eigenvalue weighted by molar-refractivity contribution is -0.114. The van der Waals surface area contributed by atoms with Crippen molar-refractivity contribution in [1.29, 1.82) is 5.26 Å². The summed E-state index contributed by atoms with van der Waals surface area (Å²) in [5, 5.41) is 14.8. The Morgan fingerprint density at radius 3 is 2.55 bits per heavy atom. The zero-order valence-electron chi connectivity index (χ0n) is 15.9. The van der Waals surface area contributed by atoms with E-state index in [1.807, 2.05) is 12.1 Å². The van der Waals surface area contributed by atoms with Gasteiger partial charge in [-0.15, -0.1) is 0 Å². The van der Waals surface area contributed by atoms with E-state index >= 15 is 0 Å². The number of nitrogens with zero attached hydrogens (tertiary/aromatic N) is 2. The minimum absolute atomic E-state index is 0.0546. The summed E-state index contributed by atoms with van der Waals surface area (Å²) in [7, 11) is 0. The Morgan fingerprint density at radius 1 is 1.14 bits per heavy atom. The maximum atomic E-state index is 12.2. The molecule has 0 bridgehead atoms. The van der Waals surface area contributed by atoms with Gasteiger partial charge in [-0.1, -0.05) is 11.6 Å². The molecular weight excluding hydrogens is 390 g/mol. The highest BCUT2D eigenvalue weighted by Crippen LogP contribution is 2.26. The van der Waals surface area contributed by atoms with Gasteiger partial charge in [0.2, 0.25) is 5.91 Å². The van der Waals surface area contributed by atoms with Gasteiger partial charge in [0.15, 0.2) is 0 Å². The molecule has 1 aliphatic heterocycles. The highest BCUT2D eigenvalue weighted by atomic mass is 35.5. The van der Waals surface area contributed by atoms with Crippen LogP contribution in [0.25, 0.3) is 0 Å². The Kier molecular flexibility index (Phi) is 6.57. The molecule has 1 fully saturated rings. The van der Waals surface area contributed by atoms with E-state index in [9.17, 15) is 9.59 Å². The molecule has 4 N–H and O–H groups in total. The summed E-state index contributed by atoms with van der Waals surface area (Å²) in [6.45, 7) is 1.86. The lowest BCUT2D eigenvalue weighted by Gasteiger charge is -2.29. The SMILES string of the molecule is N#Cc1ccc(NC(=O)CNc2ccc(N3CCCCC3)cc2C(N)=O)cc1Cl. The molecule has 2 amide bonds. The second-order valence-electron chi connectivity index (χ2n) is 6.85. The molecule has 2 aromatic carbocycles. The zero-order valence-corrected chi connectivity index (χ0v) is 16.6. The number of nitrogens with one attached hydrogen (secondary N) is 2. The van der Waals surface area contributed by atoms with Crippen molar-refractivity contribution in [2.75, 3.05) is 35.2 Å². The van der Waals surface area contributed by atoms with Crippen molar-refractivity contribution in [2.24, 2.45) is 5.73 Å². The molecule has 1 saturated heterocycles. The Balaban J connectivity index is 1.66. The Bertz CT molecular complexity index is 964. The number of carbonyl (C=O) groups is 2. The van der Waals surface area contributed by atoms with Gasteiger partial charge >= 0.3 is 0 Å². The maximum absolute atomic E-state index is 12.2. The number of piperidine rings is 1. The maximum Gasteiger partial charge on any atom is 0.250 e. The monoisotopic (exact) mass is 411 g/mol. The Labute approximate surface area is 174 Å². The van der Waals surface area contributed by atoms with Gasteiger partial charge in [-0.25, -0.2) is 0 Å². The van der Waals surface area contributed by atoms with Crippen molar-refractivity contribution >= 4 is 40.5 Å². The number of hydrogen-bond acceptors (Lipinski definition) is 5. The quantitative estimate of drug-likeness (QED) is 0.674. The van der Waals surface area contributed by atoms with Gasteiger partial charge in [-0.3, -0.25) is 9.59 Å². The largest absolute Gasteiger partial charge is 0.375 e. The number of primary amides is 1. The fourth-order valence-corrected chi connectivity index (χ4v) is 3.53. The molecule has 3 rings (SSSR count). The van der Waals surface area contributed by atoms with Crippen LogP contribution >= 0.6 is 11.6 Å². The van der Waals surface area contributed by atoms with Crippen LogP contribution in [0.4, 0.5) is 17.1 Å². The standard InChI is InChI=1S/C21H22ClN5O2/c22-18-10-15(5-4-14(18)12-23)26-20(28)13-25-19-7-6-16(11-17(19)21(24)29)27-8-2-1-3-9-27/h4-7,10-11,25H,1-3,8-9,13H2,(H2,24,29)(H,26,28). The lowest BCUT2D eigenvalue weighted by Crippen LogP contribution is -2.30. The lowest BCUT2D eigenvalue weighted by atomic mass is 10.1. The summed E-state index contributed by atoms with van der Waals surface area (Å²) in [4.78, 5) is 26.4. The van der Waals surface area contributed by atoms with Crippen LogP contribution in [0.3, 0.4) is 0 Å². The molecule has 0 unspecified atom stereocenters. The molecule has 7 nitrogen and oxygen atoms in total. The number of benzene rings is 2. The van der Waals surface area contributed by atoms with Crippen molar-refractivity contribution in [3.63, 3.8) is 0 Å². The van der Waals surface area contributed by atoms with Gasteiger partial charge in [-0.05, 0) is 55.7 Å². The number of carbonyl (C=O) groups excluding carboxylic acids is 2. The van der Waals surface area contributed by atoms with E-state index in [-0.39, 0.29) is 17.5 Å². The molecule has 0 aliphatic carbocycles. The summed E-state index contributed by atoms with van der Waals surface area (Å²) in [6, 6.07) is 12.1. The molecule has 1 aliphatic rings. The zero-order chi connectivity index (χ0) is 20.8. The number of nitriles is 1. The number of anilines is 3. The predicted octanol–water partition coefficient (Wildman–Crippen LogP) is 3.35. The predicted molar refractivity (Wildman–Crippen MR) is 114 cm³/mol. The number of amides is 2. The van der Waals surface area contributed by atoms with Crippen LogP contribution in [0, 0.1) is 11.3 Å². The van der Waals surface area contributed by atoms with Crippen molar-refractivity contribution in [1.82, 2.24) is 0 Å².